The largest absolute Gasteiger partial charge is 0.368 e. The van der Waals surface area contributed by atoms with E-state index >= 15 is 0 Å². The number of nitrogens with two attached hydrogens (primary N) is 4. The van der Waals surface area contributed by atoms with E-state index in [1.807, 2.05) is 101 Å². The van der Waals surface area contributed by atoms with Crippen LogP contribution in [0.2, 0.25) is 0 Å². The van der Waals surface area contributed by atoms with Crippen LogP contribution in [0.15, 0.2) is 93.9 Å². The molecule has 0 fully saturated rings. The minimum Gasteiger partial charge on any atom is -0.368 e. The minimum atomic E-state index is -0.291. The van der Waals surface area contributed by atoms with Crippen LogP contribution in [0.3, 0.4) is 0 Å². The molecule has 448 valence electrons. The Morgan fingerprint density at radius 3 is 1.12 bits per heavy atom. The van der Waals surface area contributed by atoms with Crippen molar-refractivity contribution in [2.75, 3.05) is 22.9 Å². The predicted molar refractivity (Wildman–Crippen MR) is 334 cm³/mol. The van der Waals surface area contributed by atoms with Crippen LogP contribution in [-0.4, -0.2) is 78.3 Å². The maximum atomic E-state index is 13.9. The highest BCUT2D eigenvalue weighted by Crippen LogP contribution is 2.26. The molecule has 12 rings (SSSR count). The number of benzene rings is 4. The first-order chi connectivity index (χ1) is 41.0. The van der Waals surface area contributed by atoms with Gasteiger partial charge < -0.3 is 22.9 Å². The molecule has 0 unspecified atom stereocenters. The monoisotopic (exact) mass is 1300 g/mol. The van der Waals surface area contributed by atoms with Crippen LogP contribution < -0.4 is 22.9 Å². The number of halogens is 6. The van der Waals surface area contributed by atoms with Gasteiger partial charge >= 0.3 is 0 Å². The zero-order chi connectivity index (χ0) is 62.8. The zero-order valence-electron chi connectivity index (χ0n) is 49.6. The molecule has 0 amide bonds. The Labute approximate surface area is 510 Å². The van der Waals surface area contributed by atoms with Crippen molar-refractivity contribution in [3.8, 4) is 0 Å². The van der Waals surface area contributed by atoms with Gasteiger partial charge in [-0.15, -0.1) is 20.4 Å². The van der Waals surface area contributed by atoms with Crippen molar-refractivity contribution >= 4 is 78.2 Å². The summed E-state index contributed by atoms with van der Waals surface area (Å²) in [4.78, 5) is 34.3. The van der Waals surface area contributed by atoms with E-state index in [-0.39, 0.29) is 53.5 Å². The van der Waals surface area contributed by atoms with Crippen LogP contribution in [0, 0.1) is 78.7 Å². The maximum absolute atomic E-state index is 13.9. The molecule has 0 bridgehead atoms. The summed E-state index contributed by atoms with van der Waals surface area (Å²) in [6.45, 7) is 22.9. The molecule has 0 radical (unpaired) electrons. The number of fused-ring (bicyclic) bond motifs is 4. The normalized spacial score (nSPS) is 10.8. The van der Waals surface area contributed by atoms with E-state index in [1.54, 1.807) is 42.5 Å². The van der Waals surface area contributed by atoms with E-state index in [1.165, 1.54) is 42.3 Å². The van der Waals surface area contributed by atoms with Crippen molar-refractivity contribution in [2.45, 2.75) is 109 Å². The van der Waals surface area contributed by atoms with E-state index in [0.717, 1.165) is 49.5 Å². The second-order valence-electron chi connectivity index (χ2n) is 19.2. The first kappa shape index (κ1) is 64.5. The summed E-state index contributed by atoms with van der Waals surface area (Å²) in [5.74, 6) is 2.12. The van der Waals surface area contributed by atoms with Crippen molar-refractivity contribution in [1.82, 2.24) is 78.3 Å². The molecule has 0 aliphatic rings. The van der Waals surface area contributed by atoms with Gasteiger partial charge in [0.05, 0.1) is 10.2 Å². The van der Waals surface area contributed by atoms with Crippen molar-refractivity contribution in [3.63, 3.8) is 0 Å². The highest BCUT2D eigenvalue weighted by molar-refractivity contribution is 9.11. The molecule has 8 N–H and O–H groups in total. The molecule has 4 aromatic carbocycles. The lowest BCUT2D eigenvalue weighted by Crippen LogP contribution is -2.05. The highest BCUT2D eigenvalue weighted by Gasteiger charge is 2.19. The summed E-state index contributed by atoms with van der Waals surface area (Å²) in [7, 11) is 0. The second-order valence-corrected chi connectivity index (χ2v) is 20.8. The molecule has 0 atom stereocenters. The van der Waals surface area contributed by atoms with Gasteiger partial charge in [0.2, 0.25) is 23.8 Å². The Morgan fingerprint density at radius 1 is 0.384 bits per heavy atom. The highest BCUT2D eigenvalue weighted by atomic mass is 79.9. The molecular formula is C60H66Br2F4N20. The summed E-state index contributed by atoms with van der Waals surface area (Å²) in [6.07, 6.45) is 1.26. The molecule has 8 heterocycles. The Morgan fingerprint density at radius 2 is 0.709 bits per heavy atom. The van der Waals surface area contributed by atoms with Crippen LogP contribution in [0.4, 0.5) is 41.4 Å². The van der Waals surface area contributed by atoms with Gasteiger partial charge in [-0.25, -0.2) is 57.4 Å². The van der Waals surface area contributed by atoms with Crippen molar-refractivity contribution in [2.24, 2.45) is 0 Å². The Balaban J connectivity index is 0.000000161. The van der Waals surface area contributed by atoms with E-state index in [9.17, 15) is 17.6 Å². The predicted octanol–water partition coefficient (Wildman–Crippen LogP) is 11.8. The lowest BCUT2D eigenvalue weighted by Gasteiger charge is -2.03. The first-order valence-corrected chi connectivity index (χ1v) is 28.9. The van der Waals surface area contributed by atoms with Crippen LogP contribution in [0.1, 0.15) is 118 Å². The average Bonchev–Trinajstić information content (AvgIpc) is 2.37. The third-order valence-corrected chi connectivity index (χ3v) is 14.9. The van der Waals surface area contributed by atoms with E-state index in [4.69, 9.17) is 22.9 Å². The number of anilines is 4. The second kappa shape index (κ2) is 28.2. The summed E-state index contributed by atoms with van der Waals surface area (Å²) in [5.41, 5.74) is 34.8. The van der Waals surface area contributed by atoms with Gasteiger partial charge in [-0.05, 0) is 135 Å². The van der Waals surface area contributed by atoms with Crippen LogP contribution in [-0.2, 0) is 25.7 Å². The van der Waals surface area contributed by atoms with E-state index < -0.39 is 0 Å². The molecule has 26 heteroatoms. The minimum absolute atomic E-state index is 0.243. The smallest absolute Gasteiger partial charge is 0.223 e. The van der Waals surface area contributed by atoms with Crippen molar-refractivity contribution in [3.05, 3.63) is 208 Å². The molecule has 86 heavy (non-hydrogen) atoms. The number of hydrogen-bond acceptors (Lipinski definition) is 16. The summed E-state index contributed by atoms with van der Waals surface area (Å²) in [6, 6.07) is 23.4. The standard InChI is InChI=1S/C15H16FN5.C14H13BrFN5.C14H14FN5.C13H11BrFN5.2C2H6/c1-8-5-4-6-12(16)11(8)7-13-19-14-9(2)10(3)18-15(17)21(14)20-13;1-7-4-3-5-10(16)9(7)6-11-19-13-12(15)8(2)18-14(17)21(13)20-11;1-8-4-3-5-11(15)10(8)7-12-18-13-6-9(2)17-14(16)20(13)19-12;1-7-5-12-18-11(19-20(12)13(16)17-7)6-8-9(14)3-2-4-10(8)15;2*1-2/h4-6H,7H2,1-3H3,(H2,17,18);3-5H,6H2,1-2H3,(H2,17,18);3-6H,7H2,1-2H3,(H2,16,17);2-5H,6H2,1H3,(H2,16,17);2*1-2H3. The molecule has 0 aliphatic carbocycles. The maximum Gasteiger partial charge on any atom is 0.223 e. The lowest BCUT2D eigenvalue weighted by atomic mass is 10.1. The zero-order valence-corrected chi connectivity index (χ0v) is 52.8. The molecule has 0 saturated carbocycles. The fourth-order valence-corrected chi connectivity index (χ4v) is 9.60. The lowest BCUT2D eigenvalue weighted by molar-refractivity contribution is 0.610. The van der Waals surface area contributed by atoms with Crippen molar-refractivity contribution < 1.29 is 17.6 Å². The Hall–Kier alpha value is -9.04. The molecule has 0 spiro atoms. The molecule has 12 aromatic rings. The topological polar surface area (TPSA) is 276 Å². The number of nitrogens with zero attached hydrogens (tertiary/aromatic N) is 16. The average molecular weight is 1300 g/mol. The summed E-state index contributed by atoms with van der Waals surface area (Å²) in [5, 5.41) is 17.2. The molecule has 20 nitrogen and oxygen atoms in total. The fourth-order valence-electron chi connectivity index (χ4n) is 8.77. The van der Waals surface area contributed by atoms with Crippen LogP contribution >= 0.6 is 31.9 Å². The van der Waals surface area contributed by atoms with Gasteiger partial charge in [0.1, 0.15) is 23.3 Å². The first-order valence-electron chi connectivity index (χ1n) is 27.3. The van der Waals surface area contributed by atoms with Crippen molar-refractivity contribution in [1.29, 1.82) is 0 Å². The van der Waals surface area contributed by atoms with E-state index in [2.05, 4.69) is 92.1 Å². The number of aromatic nitrogens is 16. The summed E-state index contributed by atoms with van der Waals surface area (Å²) < 4.78 is 62.8. The molecule has 8 aromatic heterocycles. The number of nitrogen functional groups attached to an aromatic ring is 4. The third-order valence-electron chi connectivity index (χ3n) is 13.2. The van der Waals surface area contributed by atoms with Gasteiger partial charge in [-0.2, -0.15) is 18.1 Å². The quantitative estimate of drug-likeness (QED) is 0.103. The number of hydrogen-bond donors (Lipinski definition) is 4. The van der Waals surface area contributed by atoms with Crippen LogP contribution in [0.25, 0.3) is 22.6 Å². The Bertz CT molecular complexity index is 4030. The molecule has 0 aliphatic heterocycles. The number of aryl methyl sites for hydroxylation is 8. The Kier molecular flexibility index (Phi) is 21.2. The van der Waals surface area contributed by atoms with Gasteiger partial charge in [0.25, 0.3) is 0 Å². The third kappa shape index (κ3) is 14.7. The van der Waals surface area contributed by atoms with Crippen LogP contribution in [0.5, 0.6) is 0 Å². The number of rotatable bonds is 8. The summed E-state index contributed by atoms with van der Waals surface area (Å²) >= 11 is 6.76. The van der Waals surface area contributed by atoms with Gasteiger partial charge in [-0.3, -0.25) is 0 Å². The van der Waals surface area contributed by atoms with Gasteiger partial charge in [0.15, 0.2) is 45.9 Å². The fraction of sp³-hybridized carbons (Fsp3) is 0.267. The van der Waals surface area contributed by atoms with Gasteiger partial charge in [-0.1, -0.05) is 86.1 Å². The van der Waals surface area contributed by atoms with Gasteiger partial charge in [0, 0.05) is 70.5 Å². The van der Waals surface area contributed by atoms with E-state index in [0.29, 0.717) is 91.9 Å². The SMILES string of the molecule is CC.CC.Cc1cc2nc(Cc3c(C)cccc3F)nn2c(N)n1.Cc1cc2nc(Cc3c(F)cccc3Br)nn2c(N)n1.Cc1cccc(F)c1Cc1nc2c(Br)c(C)nc(N)n2n1.Cc1cccc(F)c1Cc1nc2c(C)c(C)nc(N)n2n1. The molecule has 0 saturated heterocycles. The molecular weight excluding hydrogens is 1240 g/mol.